The van der Waals surface area contributed by atoms with Crippen molar-refractivity contribution in [3.63, 3.8) is 0 Å². The van der Waals surface area contributed by atoms with Gasteiger partial charge in [0.1, 0.15) is 55.4 Å². The van der Waals surface area contributed by atoms with E-state index in [1.54, 1.807) is 0 Å². The molecule has 2 fully saturated rings. The van der Waals surface area contributed by atoms with E-state index in [9.17, 15) is 35.1 Å². The number of esters is 1. The normalized spacial score (nSPS) is 38.1. The van der Waals surface area contributed by atoms with Crippen LogP contribution >= 0.6 is 0 Å². The van der Waals surface area contributed by atoms with Gasteiger partial charge in [0.25, 0.3) is 0 Å². The summed E-state index contributed by atoms with van der Waals surface area (Å²) in [5.41, 5.74) is -1.41. The monoisotopic (exact) mass is 514 g/mol. The summed E-state index contributed by atoms with van der Waals surface area (Å²) in [6.07, 6.45) is -14.8. The average molecular weight is 514 g/mol. The zero-order valence-electron chi connectivity index (χ0n) is 19.8. The van der Waals surface area contributed by atoms with Gasteiger partial charge in [-0.25, -0.2) is 4.79 Å². The standard InChI is InChI=1S/C20H34O15/c1-20(2,19(27)35-28)5-10(22)31-7-9-16(12(24)13(25)17(30-4)33-9)34-18-14(26)11(23)15(29-3)8(6-21)32-18/h8-9,11-18,21,23-26,28H,5-7H2,1-4H3/t8?,9-,11+,12?,13?,14-,15+,16?,17+,18?/m0/s1. The van der Waals surface area contributed by atoms with Gasteiger partial charge in [-0.15, -0.1) is 0 Å². The minimum atomic E-state index is -1.68. The zero-order valence-corrected chi connectivity index (χ0v) is 19.8. The fourth-order valence-corrected chi connectivity index (χ4v) is 3.80. The molecule has 0 spiro atoms. The topological polar surface area (TPSA) is 220 Å². The van der Waals surface area contributed by atoms with Crippen LogP contribution in [-0.2, 0) is 42.9 Å². The molecule has 204 valence electrons. The molecule has 0 saturated carbocycles. The predicted octanol–water partition coefficient (Wildman–Crippen LogP) is -3.11. The summed E-state index contributed by atoms with van der Waals surface area (Å²) in [4.78, 5) is 27.5. The van der Waals surface area contributed by atoms with Gasteiger partial charge >= 0.3 is 11.9 Å². The molecule has 35 heavy (non-hydrogen) atoms. The van der Waals surface area contributed by atoms with E-state index >= 15 is 0 Å². The van der Waals surface area contributed by atoms with Crippen molar-refractivity contribution in [3.8, 4) is 0 Å². The van der Waals surface area contributed by atoms with Gasteiger partial charge in [-0.1, -0.05) is 0 Å². The summed E-state index contributed by atoms with van der Waals surface area (Å²) >= 11 is 0. The first-order chi connectivity index (χ1) is 16.4. The Hall–Kier alpha value is -1.50. The number of hydrogen-bond acceptors (Lipinski definition) is 15. The quantitative estimate of drug-likeness (QED) is 0.0965. The van der Waals surface area contributed by atoms with E-state index < -0.39 is 98.4 Å². The predicted molar refractivity (Wildman–Crippen MR) is 109 cm³/mol. The number of aliphatic hydroxyl groups is 5. The summed E-state index contributed by atoms with van der Waals surface area (Å²) in [5, 5.41) is 59.8. The number of ether oxygens (including phenoxy) is 6. The van der Waals surface area contributed by atoms with Crippen molar-refractivity contribution in [3.05, 3.63) is 0 Å². The highest BCUT2D eigenvalue weighted by molar-refractivity contribution is 5.82. The molecule has 2 aliphatic heterocycles. The molecule has 0 aromatic carbocycles. The molecule has 6 N–H and O–H groups in total. The van der Waals surface area contributed by atoms with Crippen molar-refractivity contribution >= 4 is 11.9 Å². The molecule has 2 heterocycles. The van der Waals surface area contributed by atoms with E-state index in [1.165, 1.54) is 28.1 Å². The highest BCUT2D eigenvalue weighted by Crippen LogP contribution is 2.30. The van der Waals surface area contributed by atoms with Crippen LogP contribution in [0.25, 0.3) is 0 Å². The third-order valence-corrected chi connectivity index (χ3v) is 5.89. The van der Waals surface area contributed by atoms with Gasteiger partial charge in [-0.05, 0) is 13.8 Å². The van der Waals surface area contributed by atoms with Crippen LogP contribution in [0, 0.1) is 5.41 Å². The molecule has 0 aromatic heterocycles. The SMILES string of the molecule is CO[C@@H]1O[C@@H](COC(=O)CC(C)(C)C(=O)OO)C(OC2OC(CO)[C@@H](OC)[C@H](O)[C@@H]2O)C(O)C1O. The van der Waals surface area contributed by atoms with E-state index in [4.69, 9.17) is 33.7 Å². The Morgan fingerprint density at radius 3 is 1.97 bits per heavy atom. The van der Waals surface area contributed by atoms with Crippen molar-refractivity contribution in [2.24, 2.45) is 5.41 Å². The lowest BCUT2D eigenvalue weighted by molar-refractivity contribution is -0.358. The molecule has 0 bridgehead atoms. The van der Waals surface area contributed by atoms with Gasteiger partial charge in [-0.3, -0.25) is 4.79 Å². The second-order valence-electron chi connectivity index (χ2n) is 8.89. The van der Waals surface area contributed by atoms with Crippen molar-refractivity contribution in [1.29, 1.82) is 0 Å². The zero-order chi connectivity index (χ0) is 26.5. The lowest BCUT2D eigenvalue weighted by Crippen LogP contribution is -2.65. The number of hydrogen-bond donors (Lipinski definition) is 6. The molecule has 0 aliphatic carbocycles. The minimum absolute atomic E-state index is 0.475. The van der Waals surface area contributed by atoms with Crippen LogP contribution in [0.5, 0.6) is 0 Å². The lowest BCUT2D eigenvalue weighted by atomic mass is 9.90. The van der Waals surface area contributed by atoms with Gasteiger partial charge in [-0.2, -0.15) is 5.26 Å². The molecule has 2 rings (SSSR count). The van der Waals surface area contributed by atoms with E-state index in [0.717, 1.165) is 0 Å². The van der Waals surface area contributed by atoms with Crippen LogP contribution in [-0.4, -0.2) is 132 Å². The molecule has 0 radical (unpaired) electrons. The first kappa shape index (κ1) is 29.7. The summed E-state index contributed by atoms with van der Waals surface area (Å²) in [6.45, 7) is 1.55. The van der Waals surface area contributed by atoms with Gasteiger partial charge in [0.05, 0.1) is 18.4 Å². The first-order valence-corrected chi connectivity index (χ1v) is 10.8. The third kappa shape index (κ3) is 6.84. The molecular weight excluding hydrogens is 480 g/mol. The maximum atomic E-state index is 12.3. The summed E-state index contributed by atoms with van der Waals surface area (Å²) in [7, 11) is 2.45. The molecule has 0 aromatic rings. The molecule has 15 heteroatoms. The maximum absolute atomic E-state index is 12.3. The van der Waals surface area contributed by atoms with Gasteiger partial charge in [0.2, 0.25) is 0 Å². The second kappa shape index (κ2) is 12.6. The summed E-state index contributed by atoms with van der Waals surface area (Å²) in [5.74, 6) is -1.94. The van der Waals surface area contributed by atoms with Crippen LogP contribution in [0.3, 0.4) is 0 Å². The van der Waals surface area contributed by atoms with E-state index in [2.05, 4.69) is 4.89 Å². The Bertz CT molecular complexity index is 700. The van der Waals surface area contributed by atoms with Gasteiger partial charge in [0.15, 0.2) is 12.6 Å². The van der Waals surface area contributed by atoms with Crippen molar-refractivity contribution < 1.29 is 73.7 Å². The summed E-state index contributed by atoms with van der Waals surface area (Å²) in [6, 6.07) is 0. The van der Waals surface area contributed by atoms with Gasteiger partial charge < -0.3 is 58.8 Å². The van der Waals surface area contributed by atoms with Crippen LogP contribution in [0.1, 0.15) is 20.3 Å². The Kier molecular flexibility index (Phi) is 10.7. The molecular formula is C20H34O15. The molecule has 2 saturated heterocycles. The van der Waals surface area contributed by atoms with Crippen molar-refractivity contribution in [1.82, 2.24) is 0 Å². The maximum Gasteiger partial charge on any atom is 0.348 e. The Morgan fingerprint density at radius 2 is 1.43 bits per heavy atom. The van der Waals surface area contributed by atoms with E-state index in [-0.39, 0.29) is 0 Å². The molecule has 15 nitrogen and oxygen atoms in total. The fourth-order valence-electron chi connectivity index (χ4n) is 3.80. The number of methoxy groups -OCH3 is 2. The second-order valence-corrected chi connectivity index (χ2v) is 8.89. The van der Waals surface area contributed by atoms with Crippen molar-refractivity contribution in [2.75, 3.05) is 27.4 Å². The molecule has 10 atom stereocenters. The molecule has 2 aliphatic rings. The summed E-state index contributed by atoms with van der Waals surface area (Å²) < 4.78 is 31.8. The van der Waals surface area contributed by atoms with Crippen LogP contribution in [0.15, 0.2) is 0 Å². The smallest absolute Gasteiger partial charge is 0.348 e. The third-order valence-electron chi connectivity index (χ3n) is 5.89. The minimum Gasteiger partial charge on any atom is -0.463 e. The number of aliphatic hydroxyl groups excluding tert-OH is 5. The van der Waals surface area contributed by atoms with Gasteiger partial charge in [0, 0.05) is 14.2 Å². The van der Waals surface area contributed by atoms with Crippen LogP contribution < -0.4 is 0 Å². The van der Waals surface area contributed by atoms with E-state index in [1.807, 2.05) is 0 Å². The number of rotatable bonds is 10. The fraction of sp³-hybridized carbons (Fsp3) is 0.900. The lowest BCUT2D eigenvalue weighted by Gasteiger charge is -2.46. The highest BCUT2D eigenvalue weighted by atomic mass is 17.1. The molecule has 5 unspecified atom stereocenters. The first-order valence-electron chi connectivity index (χ1n) is 10.8. The van der Waals surface area contributed by atoms with Crippen LogP contribution in [0.4, 0.5) is 0 Å². The molecule has 0 amide bonds. The van der Waals surface area contributed by atoms with Crippen molar-refractivity contribution in [2.45, 2.75) is 81.7 Å². The average Bonchev–Trinajstić information content (AvgIpc) is 2.82. The Morgan fingerprint density at radius 1 is 0.857 bits per heavy atom. The number of carbonyl (C=O) groups excluding carboxylic acids is 2. The number of carbonyl (C=O) groups is 2. The van der Waals surface area contributed by atoms with Crippen LogP contribution in [0.2, 0.25) is 0 Å². The Balaban J connectivity index is 2.15. The highest BCUT2D eigenvalue weighted by Gasteiger charge is 2.51. The largest absolute Gasteiger partial charge is 0.463 e. The van der Waals surface area contributed by atoms with E-state index in [0.29, 0.717) is 0 Å². The Labute approximate surface area is 200 Å².